The quantitative estimate of drug-likeness (QED) is 0.0264. The summed E-state index contributed by atoms with van der Waals surface area (Å²) >= 11 is 0. The van der Waals surface area contributed by atoms with Crippen molar-refractivity contribution in [2.24, 2.45) is 5.73 Å². The van der Waals surface area contributed by atoms with Gasteiger partial charge >= 0.3 is 19.8 Å². The number of nitrogens with two attached hydrogens (primary N) is 1. The van der Waals surface area contributed by atoms with Crippen LogP contribution in [0.4, 0.5) is 0 Å². The summed E-state index contributed by atoms with van der Waals surface area (Å²) in [5.74, 6) is -0.845. The molecule has 0 saturated carbocycles. The van der Waals surface area contributed by atoms with E-state index < -0.39 is 26.5 Å². The molecule has 0 aromatic rings. The molecule has 482 valence electrons. The first-order valence-corrected chi connectivity index (χ1v) is 35.5. The molecule has 0 aromatic carbocycles. The van der Waals surface area contributed by atoms with Crippen molar-refractivity contribution in [3.05, 3.63) is 158 Å². The molecule has 0 spiro atoms. The third kappa shape index (κ3) is 68.6. The average molecular weight is 1200 g/mol. The van der Waals surface area contributed by atoms with Gasteiger partial charge in [0, 0.05) is 19.4 Å². The lowest BCUT2D eigenvalue weighted by Gasteiger charge is -2.19. The zero-order valence-electron chi connectivity index (χ0n) is 54.0. The van der Waals surface area contributed by atoms with E-state index in [1.165, 1.54) is 109 Å². The van der Waals surface area contributed by atoms with E-state index in [1.54, 1.807) is 0 Å². The van der Waals surface area contributed by atoms with Gasteiger partial charge in [0.1, 0.15) is 6.61 Å². The predicted octanol–water partition coefficient (Wildman–Crippen LogP) is 22.4. The van der Waals surface area contributed by atoms with E-state index in [4.69, 9.17) is 24.3 Å². The van der Waals surface area contributed by atoms with Crippen LogP contribution in [0.25, 0.3) is 0 Å². The maximum Gasteiger partial charge on any atom is 0.472 e. The van der Waals surface area contributed by atoms with Gasteiger partial charge in [-0.15, -0.1) is 0 Å². The van der Waals surface area contributed by atoms with E-state index in [9.17, 15) is 19.0 Å². The van der Waals surface area contributed by atoms with E-state index in [2.05, 4.69) is 172 Å². The third-order valence-corrected chi connectivity index (χ3v) is 14.9. The molecule has 0 aliphatic carbocycles. The summed E-state index contributed by atoms with van der Waals surface area (Å²) in [6.45, 7) is 3.50. The van der Waals surface area contributed by atoms with Crippen LogP contribution < -0.4 is 5.73 Å². The second-order valence-electron chi connectivity index (χ2n) is 21.9. The van der Waals surface area contributed by atoms with Crippen LogP contribution in [0.15, 0.2) is 158 Å². The number of unbranched alkanes of at least 4 members (excludes halogenated alkanes) is 23. The lowest BCUT2D eigenvalue weighted by molar-refractivity contribution is -0.161. The van der Waals surface area contributed by atoms with Crippen molar-refractivity contribution in [2.75, 3.05) is 26.4 Å². The first-order valence-electron chi connectivity index (χ1n) is 34.0. The number of carbonyl (C=O) groups is 2. The van der Waals surface area contributed by atoms with E-state index in [0.717, 1.165) is 128 Å². The van der Waals surface area contributed by atoms with Crippen molar-refractivity contribution in [2.45, 2.75) is 277 Å². The number of phosphoric acid groups is 1. The summed E-state index contributed by atoms with van der Waals surface area (Å²) in [6, 6.07) is 0. The van der Waals surface area contributed by atoms with Crippen LogP contribution in [0.2, 0.25) is 0 Å². The molecule has 0 aromatic heterocycles. The molecule has 0 fully saturated rings. The number of hydrogen-bond acceptors (Lipinski definition) is 8. The van der Waals surface area contributed by atoms with Crippen LogP contribution in [-0.4, -0.2) is 49.3 Å². The molecule has 2 unspecified atom stereocenters. The topological polar surface area (TPSA) is 134 Å². The number of hydrogen-bond donors (Lipinski definition) is 2. The molecule has 0 aliphatic rings. The second-order valence-corrected chi connectivity index (χ2v) is 23.4. The second kappa shape index (κ2) is 68.7. The standard InChI is InChI=1S/C75H124NO8P/c1-3-5-7-9-11-13-15-17-19-21-23-25-27-29-31-33-34-35-36-37-38-40-41-43-45-47-49-51-53-55-57-59-61-63-65-67-74(77)81-71-73(72-83-85(79,80)82-70-69-76)84-75(78)68-66-64-62-60-58-56-54-52-50-48-46-44-42-39-32-30-28-26-24-22-20-18-16-14-12-10-8-6-4-2/h5-8,11-14,17-20,23-26,29-32,34-35,42,44,48,50,73H,3-4,9-10,15-16,21-22,27-28,33,36-41,43,45-47,49,51-72,76H2,1-2H3,(H,79,80)/b7-5-,8-6-,13-11-,14-12-,19-17-,20-18-,25-23-,26-24-,31-29-,32-30-,35-34-,44-42-,50-48-. The molecule has 2 atom stereocenters. The van der Waals surface area contributed by atoms with Crippen LogP contribution in [0.5, 0.6) is 0 Å². The molecular weight excluding hydrogens is 1070 g/mol. The van der Waals surface area contributed by atoms with Crippen LogP contribution in [0.3, 0.4) is 0 Å². The third-order valence-electron chi connectivity index (χ3n) is 13.9. The van der Waals surface area contributed by atoms with Gasteiger partial charge in [-0.1, -0.05) is 294 Å². The van der Waals surface area contributed by atoms with Gasteiger partial charge in [0.2, 0.25) is 0 Å². The van der Waals surface area contributed by atoms with Crippen molar-refractivity contribution < 1.29 is 37.6 Å². The van der Waals surface area contributed by atoms with Gasteiger partial charge < -0.3 is 20.1 Å². The van der Waals surface area contributed by atoms with Crippen LogP contribution in [0, 0.1) is 0 Å². The Hall–Kier alpha value is -4.37. The zero-order valence-corrected chi connectivity index (χ0v) is 54.9. The lowest BCUT2D eigenvalue weighted by atomic mass is 10.0. The molecule has 85 heavy (non-hydrogen) atoms. The van der Waals surface area contributed by atoms with Crippen molar-refractivity contribution in [1.29, 1.82) is 0 Å². The predicted molar refractivity (Wildman–Crippen MR) is 366 cm³/mol. The number of rotatable bonds is 62. The van der Waals surface area contributed by atoms with Gasteiger partial charge in [0.25, 0.3) is 0 Å². The number of allylic oxidation sites excluding steroid dienone is 26. The average Bonchev–Trinajstić information content (AvgIpc) is 3.52. The molecule has 10 heteroatoms. The fraction of sp³-hybridized carbons (Fsp3) is 0.627. The van der Waals surface area contributed by atoms with Gasteiger partial charge in [0.05, 0.1) is 13.2 Å². The Balaban J connectivity index is 3.95. The first kappa shape index (κ1) is 80.6. The van der Waals surface area contributed by atoms with Gasteiger partial charge in [-0.2, -0.15) is 0 Å². The number of carbonyl (C=O) groups excluding carboxylic acids is 2. The minimum absolute atomic E-state index is 0.0443. The lowest BCUT2D eigenvalue weighted by Crippen LogP contribution is -2.29. The van der Waals surface area contributed by atoms with Gasteiger partial charge in [-0.25, -0.2) is 4.57 Å². The molecule has 0 aliphatic heterocycles. The highest BCUT2D eigenvalue weighted by atomic mass is 31.2. The smallest absolute Gasteiger partial charge is 0.462 e. The summed E-state index contributed by atoms with van der Waals surface area (Å²) < 4.78 is 33.2. The highest BCUT2D eigenvalue weighted by Gasteiger charge is 2.26. The molecule has 0 bridgehead atoms. The fourth-order valence-electron chi connectivity index (χ4n) is 8.97. The summed E-state index contributed by atoms with van der Waals surface area (Å²) in [6.07, 6.45) is 100. The molecule has 9 nitrogen and oxygen atoms in total. The Kier molecular flexibility index (Phi) is 65.2. The molecular formula is C75H124NO8P. The Bertz CT molecular complexity index is 1950. The summed E-state index contributed by atoms with van der Waals surface area (Å²) in [5.41, 5.74) is 5.40. The minimum atomic E-state index is -4.41. The van der Waals surface area contributed by atoms with E-state index in [1.807, 2.05) is 0 Å². The molecule has 3 N–H and O–H groups in total. The highest BCUT2D eigenvalue weighted by molar-refractivity contribution is 7.47. The monoisotopic (exact) mass is 1200 g/mol. The number of ether oxygens (including phenoxy) is 2. The Labute approximate surface area is 521 Å². The number of esters is 2. The van der Waals surface area contributed by atoms with Crippen LogP contribution >= 0.6 is 7.82 Å². The van der Waals surface area contributed by atoms with E-state index in [-0.39, 0.29) is 38.6 Å². The SMILES string of the molecule is CC/C=C\C/C=C\C/C=C\C/C=C\C/C=C\C/C=C\C/C=C\CCCCCCCCCC(=O)OC(COC(=O)CCCCCCCCCCCCCCCCCC/C=C\C/C=C\C/C=C\C/C=C\C/C=C\C/C=C\CC)COP(=O)(O)OCCN. The normalized spacial score (nSPS) is 14.0. The van der Waals surface area contributed by atoms with Crippen LogP contribution in [0.1, 0.15) is 271 Å². The summed E-state index contributed by atoms with van der Waals surface area (Å²) in [4.78, 5) is 35.3. The molecule has 0 radical (unpaired) electrons. The Morgan fingerprint density at radius 2 is 0.612 bits per heavy atom. The fourth-order valence-corrected chi connectivity index (χ4v) is 9.74. The molecule has 0 rings (SSSR count). The highest BCUT2D eigenvalue weighted by Crippen LogP contribution is 2.43. The Morgan fingerprint density at radius 1 is 0.353 bits per heavy atom. The van der Waals surface area contributed by atoms with Crippen LogP contribution in [-0.2, 0) is 32.7 Å². The zero-order chi connectivity index (χ0) is 61.6. The summed E-state index contributed by atoms with van der Waals surface area (Å²) in [5, 5.41) is 0. The summed E-state index contributed by atoms with van der Waals surface area (Å²) in [7, 11) is -4.41. The molecule has 0 amide bonds. The molecule has 0 saturated heterocycles. The van der Waals surface area contributed by atoms with Crippen molar-refractivity contribution in [3.63, 3.8) is 0 Å². The first-order chi connectivity index (χ1) is 41.8. The van der Waals surface area contributed by atoms with Crippen molar-refractivity contribution in [1.82, 2.24) is 0 Å². The largest absolute Gasteiger partial charge is 0.472 e. The van der Waals surface area contributed by atoms with Crippen molar-refractivity contribution >= 4 is 19.8 Å². The maximum atomic E-state index is 12.8. The molecule has 0 heterocycles. The van der Waals surface area contributed by atoms with Gasteiger partial charge in [-0.05, 0) is 122 Å². The van der Waals surface area contributed by atoms with Gasteiger partial charge in [-0.3, -0.25) is 18.6 Å². The maximum absolute atomic E-state index is 12.8. The van der Waals surface area contributed by atoms with E-state index in [0.29, 0.717) is 6.42 Å². The van der Waals surface area contributed by atoms with Crippen molar-refractivity contribution in [3.8, 4) is 0 Å². The minimum Gasteiger partial charge on any atom is -0.462 e. The van der Waals surface area contributed by atoms with E-state index >= 15 is 0 Å². The Morgan fingerprint density at radius 3 is 0.906 bits per heavy atom. The van der Waals surface area contributed by atoms with Gasteiger partial charge in [0.15, 0.2) is 6.10 Å². The number of phosphoric ester groups is 1.